The highest BCUT2D eigenvalue weighted by Crippen LogP contribution is 2.37. The Bertz CT molecular complexity index is 735. The number of carboxylic acids is 2. The van der Waals surface area contributed by atoms with Gasteiger partial charge < -0.3 is 20.7 Å². The molecule has 8 heteroatoms. The summed E-state index contributed by atoms with van der Waals surface area (Å²) in [6, 6.07) is 2.81. The molecule has 114 valence electrons. The van der Waals surface area contributed by atoms with Gasteiger partial charge in [-0.15, -0.1) is 0 Å². The first-order valence-electron chi connectivity index (χ1n) is 6.19. The smallest absolute Gasteiger partial charge is 0.334 e. The van der Waals surface area contributed by atoms with Crippen molar-refractivity contribution in [1.82, 2.24) is 5.32 Å². The van der Waals surface area contributed by atoms with Gasteiger partial charge in [-0.2, -0.15) is 4.73 Å². The number of aliphatic carboxylic acids is 2. The molecule has 0 bridgehead atoms. The fourth-order valence-electron chi connectivity index (χ4n) is 2.44. The van der Waals surface area contributed by atoms with Gasteiger partial charge in [0.1, 0.15) is 0 Å². The minimum Gasteiger partial charge on any atom is -0.619 e. The van der Waals surface area contributed by atoms with Gasteiger partial charge in [-0.1, -0.05) is 0 Å². The standard InChI is InChI=1S/C14H12N2O6/c1-7-10(13(18)19)11(8-3-2-4-16(22)5-8)12(14(20)21)9(6-17)15-7/h2-6,11,15H,1H3,(H,18,19)(H,20,21). The van der Waals surface area contributed by atoms with Crippen LogP contribution in [0.3, 0.4) is 0 Å². The summed E-state index contributed by atoms with van der Waals surface area (Å²) < 4.78 is 0.437. The van der Waals surface area contributed by atoms with Crippen molar-refractivity contribution in [3.05, 3.63) is 57.8 Å². The summed E-state index contributed by atoms with van der Waals surface area (Å²) in [5, 5.41) is 32.7. The minimum absolute atomic E-state index is 0.144. The zero-order valence-electron chi connectivity index (χ0n) is 11.4. The Morgan fingerprint density at radius 2 is 1.95 bits per heavy atom. The van der Waals surface area contributed by atoms with E-state index < -0.39 is 23.4 Å². The molecule has 1 unspecified atom stereocenters. The van der Waals surface area contributed by atoms with Crippen molar-refractivity contribution in [1.29, 1.82) is 0 Å². The maximum Gasteiger partial charge on any atom is 0.334 e. The van der Waals surface area contributed by atoms with Crippen molar-refractivity contribution in [3.8, 4) is 0 Å². The molecule has 0 spiro atoms. The molecule has 0 saturated heterocycles. The molecule has 22 heavy (non-hydrogen) atoms. The number of pyridine rings is 1. The second-order valence-electron chi connectivity index (χ2n) is 4.65. The number of aromatic nitrogens is 1. The van der Waals surface area contributed by atoms with E-state index in [-0.39, 0.29) is 22.5 Å². The molecule has 0 fully saturated rings. The molecule has 0 aliphatic carbocycles. The van der Waals surface area contributed by atoms with Gasteiger partial charge in [0.2, 0.25) is 0 Å². The van der Waals surface area contributed by atoms with Crippen LogP contribution in [0, 0.1) is 5.21 Å². The molecule has 0 aromatic carbocycles. The predicted molar refractivity (Wildman–Crippen MR) is 72.3 cm³/mol. The second kappa shape index (κ2) is 5.68. The van der Waals surface area contributed by atoms with Crippen LogP contribution >= 0.6 is 0 Å². The highest BCUT2D eigenvalue weighted by molar-refractivity contribution is 6.02. The van der Waals surface area contributed by atoms with Crippen molar-refractivity contribution in [2.75, 3.05) is 0 Å². The summed E-state index contributed by atoms with van der Waals surface area (Å²) in [5.41, 5.74) is -0.557. The third-order valence-corrected chi connectivity index (χ3v) is 3.30. The molecule has 1 atom stereocenters. The van der Waals surface area contributed by atoms with E-state index in [2.05, 4.69) is 5.32 Å². The molecule has 8 nitrogen and oxygen atoms in total. The van der Waals surface area contributed by atoms with Gasteiger partial charge in [0, 0.05) is 17.3 Å². The minimum atomic E-state index is -1.44. The zero-order chi connectivity index (χ0) is 16.4. The summed E-state index contributed by atoms with van der Waals surface area (Å²) in [5.74, 6) is -4.00. The molecule has 0 radical (unpaired) electrons. The van der Waals surface area contributed by atoms with E-state index in [1.54, 1.807) is 0 Å². The van der Waals surface area contributed by atoms with Gasteiger partial charge >= 0.3 is 11.9 Å². The lowest BCUT2D eigenvalue weighted by Crippen LogP contribution is -2.34. The Kier molecular flexibility index (Phi) is 3.93. The Morgan fingerprint density at radius 1 is 1.32 bits per heavy atom. The Morgan fingerprint density at radius 3 is 2.45 bits per heavy atom. The van der Waals surface area contributed by atoms with Crippen LogP contribution in [0.4, 0.5) is 0 Å². The summed E-state index contributed by atoms with van der Waals surface area (Å²) in [7, 11) is 0. The van der Waals surface area contributed by atoms with Gasteiger partial charge in [0.05, 0.1) is 22.8 Å². The quantitative estimate of drug-likeness (QED) is 0.402. The average Bonchev–Trinajstić information content (AvgIpc) is 2.45. The van der Waals surface area contributed by atoms with Crippen molar-refractivity contribution >= 4 is 18.2 Å². The Hall–Kier alpha value is -3.16. The van der Waals surface area contributed by atoms with Crippen molar-refractivity contribution < 1.29 is 29.3 Å². The fraction of sp³-hybridized carbons (Fsp3) is 0.143. The van der Waals surface area contributed by atoms with E-state index >= 15 is 0 Å². The van der Waals surface area contributed by atoms with Gasteiger partial charge in [-0.05, 0) is 13.0 Å². The molecule has 0 amide bonds. The van der Waals surface area contributed by atoms with E-state index in [0.29, 0.717) is 11.0 Å². The zero-order valence-corrected chi connectivity index (χ0v) is 11.4. The van der Waals surface area contributed by atoms with E-state index in [1.807, 2.05) is 0 Å². The summed E-state index contributed by atoms with van der Waals surface area (Å²) in [6.07, 6.45) is 2.58. The maximum atomic E-state index is 11.5. The van der Waals surface area contributed by atoms with E-state index in [9.17, 15) is 29.8 Å². The van der Waals surface area contributed by atoms with Crippen LogP contribution in [0.15, 0.2) is 47.1 Å². The monoisotopic (exact) mass is 304 g/mol. The number of hydrogen-bond donors (Lipinski definition) is 3. The molecule has 1 aromatic rings. The number of nitrogens with zero attached hydrogens (tertiary/aromatic N) is 1. The van der Waals surface area contributed by atoms with Gasteiger partial charge in [0.15, 0.2) is 18.7 Å². The number of aldehydes is 1. The first kappa shape index (κ1) is 15.2. The molecule has 2 rings (SSSR count). The summed E-state index contributed by atoms with van der Waals surface area (Å²) in [4.78, 5) is 34.1. The van der Waals surface area contributed by atoms with Crippen LogP contribution < -0.4 is 10.0 Å². The third-order valence-electron chi connectivity index (χ3n) is 3.30. The molecule has 1 aromatic heterocycles. The molecule has 1 aliphatic heterocycles. The average molecular weight is 304 g/mol. The molecule has 1 aliphatic rings. The number of hydrogen-bond acceptors (Lipinski definition) is 5. The van der Waals surface area contributed by atoms with Crippen molar-refractivity contribution in [2.24, 2.45) is 0 Å². The summed E-state index contributed by atoms with van der Waals surface area (Å²) in [6.45, 7) is 1.42. The SMILES string of the molecule is CC1=C(C(=O)O)C(c2ccc[n+]([O-])c2)C(C(=O)O)=C(C=O)N1. The van der Waals surface area contributed by atoms with Crippen LogP contribution in [-0.4, -0.2) is 28.4 Å². The van der Waals surface area contributed by atoms with Crippen LogP contribution in [-0.2, 0) is 14.4 Å². The molecular weight excluding hydrogens is 292 g/mol. The predicted octanol–water partition coefficient (Wildman–Crippen LogP) is -0.0970. The van der Waals surface area contributed by atoms with Crippen LogP contribution in [0.2, 0.25) is 0 Å². The van der Waals surface area contributed by atoms with Crippen LogP contribution in [0.25, 0.3) is 0 Å². The Balaban J connectivity index is 2.76. The van der Waals surface area contributed by atoms with Gasteiger partial charge in [0.25, 0.3) is 0 Å². The van der Waals surface area contributed by atoms with Gasteiger partial charge in [-0.25, -0.2) is 9.59 Å². The second-order valence-corrected chi connectivity index (χ2v) is 4.65. The number of carboxylic acid groups (broad SMARTS) is 2. The first-order valence-corrected chi connectivity index (χ1v) is 6.19. The van der Waals surface area contributed by atoms with E-state index in [4.69, 9.17) is 0 Å². The maximum absolute atomic E-state index is 11.5. The molecule has 3 N–H and O–H groups in total. The fourth-order valence-corrected chi connectivity index (χ4v) is 2.44. The largest absolute Gasteiger partial charge is 0.619 e. The van der Waals surface area contributed by atoms with Crippen molar-refractivity contribution in [3.63, 3.8) is 0 Å². The normalized spacial score (nSPS) is 18.0. The lowest BCUT2D eigenvalue weighted by atomic mass is 9.81. The third kappa shape index (κ3) is 2.53. The lowest BCUT2D eigenvalue weighted by molar-refractivity contribution is -0.605. The number of carbonyl (C=O) groups excluding carboxylic acids is 1. The van der Waals surface area contributed by atoms with E-state index in [1.165, 1.54) is 25.3 Å². The number of carbonyl (C=O) groups is 3. The molecule has 0 saturated carbocycles. The lowest BCUT2D eigenvalue weighted by Gasteiger charge is -2.27. The highest BCUT2D eigenvalue weighted by atomic mass is 16.5. The molecule has 2 heterocycles. The summed E-state index contributed by atoms with van der Waals surface area (Å²) >= 11 is 0. The topological polar surface area (TPSA) is 131 Å². The number of dihydropyridines is 1. The molecular formula is C14H12N2O6. The number of nitrogens with one attached hydrogen (secondary N) is 1. The van der Waals surface area contributed by atoms with Crippen LogP contribution in [0.1, 0.15) is 18.4 Å². The Labute approximate surface area is 124 Å². The van der Waals surface area contributed by atoms with Gasteiger partial charge in [-0.3, -0.25) is 4.79 Å². The van der Waals surface area contributed by atoms with Crippen molar-refractivity contribution in [2.45, 2.75) is 12.8 Å². The number of allylic oxidation sites excluding steroid dienone is 2. The first-order chi connectivity index (χ1) is 10.4. The van der Waals surface area contributed by atoms with E-state index in [0.717, 1.165) is 6.20 Å². The number of rotatable bonds is 4. The van der Waals surface area contributed by atoms with Crippen LogP contribution in [0.5, 0.6) is 0 Å². The highest BCUT2D eigenvalue weighted by Gasteiger charge is 2.38.